The molecule has 1 amide bonds. The maximum absolute atomic E-state index is 13.5. The van der Waals surface area contributed by atoms with Crippen molar-refractivity contribution in [3.8, 4) is 6.07 Å². The highest BCUT2D eigenvalue weighted by atomic mass is 32.1. The quantitative estimate of drug-likeness (QED) is 0.589. The van der Waals surface area contributed by atoms with Crippen molar-refractivity contribution in [2.45, 2.75) is 31.4 Å². The van der Waals surface area contributed by atoms with E-state index in [1.165, 1.54) is 18.3 Å². The van der Waals surface area contributed by atoms with E-state index in [9.17, 15) is 31.1 Å². The van der Waals surface area contributed by atoms with Crippen LogP contribution in [-0.4, -0.2) is 30.7 Å². The van der Waals surface area contributed by atoms with E-state index >= 15 is 0 Å². The van der Waals surface area contributed by atoms with Gasteiger partial charge in [-0.15, -0.1) is 11.3 Å². The normalized spacial score (nSPS) is 13.9. The Morgan fingerprint density at radius 3 is 2.42 bits per heavy atom. The van der Waals surface area contributed by atoms with Crippen molar-refractivity contribution < 1.29 is 35.9 Å². The molecule has 1 heterocycles. The Morgan fingerprint density at radius 1 is 1.31 bits per heavy atom. The minimum Gasteiger partial charge on any atom is -0.450 e. The SMILES string of the molecule is CCOC(=O)NC(Nc1sc2c(c1C#N)CC=C2)(C(F)(F)F)C(F)(F)F. The number of halogens is 6. The molecule has 0 bridgehead atoms. The molecule has 12 heteroatoms. The Hall–Kier alpha value is -2.42. The van der Waals surface area contributed by atoms with E-state index in [2.05, 4.69) is 4.74 Å². The van der Waals surface area contributed by atoms with Crippen LogP contribution in [0, 0.1) is 11.3 Å². The zero-order chi connectivity index (χ0) is 19.8. The lowest BCUT2D eigenvalue weighted by molar-refractivity contribution is -0.294. The molecule has 0 saturated heterocycles. The molecule has 0 aliphatic heterocycles. The van der Waals surface area contributed by atoms with Gasteiger partial charge in [-0.3, -0.25) is 5.32 Å². The van der Waals surface area contributed by atoms with Crippen molar-refractivity contribution in [2.24, 2.45) is 0 Å². The Morgan fingerprint density at radius 2 is 1.92 bits per heavy atom. The first-order chi connectivity index (χ1) is 12.0. The lowest BCUT2D eigenvalue weighted by atomic mass is 10.1. The summed E-state index contributed by atoms with van der Waals surface area (Å²) in [5.41, 5.74) is -4.83. The summed E-state index contributed by atoms with van der Waals surface area (Å²) in [6, 6.07) is 1.61. The number of fused-ring (bicyclic) bond motifs is 1. The van der Waals surface area contributed by atoms with Crippen LogP contribution in [0.3, 0.4) is 0 Å². The Labute approximate surface area is 147 Å². The molecule has 0 atom stereocenters. The maximum atomic E-state index is 13.5. The fraction of sp³-hybridized carbons (Fsp3) is 0.429. The fourth-order valence-electron chi connectivity index (χ4n) is 2.28. The number of anilines is 1. The Balaban J connectivity index is 2.56. The molecule has 142 valence electrons. The number of nitriles is 1. The van der Waals surface area contributed by atoms with E-state index in [0.717, 1.165) is 5.32 Å². The van der Waals surface area contributed by atoms with Gasteiger partial charge in [0.1, 0.15) is 11.1 Å². The minimum absolute atomic E-state index is 0.215. The van der Waals surface area contributed by atoms with Gasteiger partial charge in [-0.2, -0.15) is 31.6 Å². The number of alkyl carbamates (subject to hydrolysis) is 1. The molecule has 0 saturated carbocycles. The predicted octanol–water partition coefficient (Wildman–Crippen LogP) is 4.17. The van der Waals surface area contributed by atoms with Crippen LogP contribution >= 0.6 is 11.3 Å². The van der Waals surface area contributed by atoms with Crippen molar-refractivity contribution >= 4 is 28.5 Å². The van der Waals surface area contributed by atoms with Crippen LogP contribution in [0.1, 0.15) is 22.9 Å². The first kappa shape index (κ1) is 19.9. The molecule has 2 rings (SSSR count). The molecular weight excluding hydrogens is 388 g/mol. The van der Waals surface area contributed by atoms with Crippen LogP contribution in [0.5, 0.6) is 0 Å². The van der Waals surface area contributed by atoms with E-state index < -0.39 is 35.7 Å². The number of nitrogens with one attached hydrogen (secondary N) is 2. The highest BCUT2D eigenvalue weighted by Crippen LogP contribution is 2.47. The first-order valence-electron chi connectivity index (χ1n) is 7.05. The van der Waals surface area contributed by atoms with Crippen LogP contribution in [0.4, 0.5) is 36.1 Å². The number of carbonyl (C=O) groups is 1. The lowest BCUT2D eigenvalue weighted by Crippen LogP contribution is -2.72. The van der Waals surface area contributed by atoms with Gasteiger partial charge in [0.05, 0.1) is 12.2 Å². The standard InChI is InChI=1S/C14H11F6N3O2S/c1-2-25-11(24)23-12(13(15,16)17,14(18,19)20)22-10-8(6-21)7-4-3-5-9(7)26-10/h3,5,22H,2,4H2,1H3,(H,23,24). The number of hydrogen-bond acceptors (Lipinski definition) is 5. The van der Waals surface area contributed by atoms with Gasteiger partial charge in [0, 0.05) is 4.88 Å². The highest BCUT2D eigenvalue weighted by Gasteiger charge is 2.73. The van der Waals surface area contributed by atoms with Crippen LogP contribution in [0.25, 0.3) is 6.08 Å². The molecule has 0 radical (unpaired) electrons. The van der Waals surface area contributed by atoms with Gasteiger partial charge in [-0.25, -0.2) is 4.79 Å². The van der Waals surface area contributed by atoms with E-state index in [-0.39, 0.29) is 12.0 Å². The number of thiophene rings is 1. The average Bonchev–Trinajstić information content (AvgIpc) is 3.04. The minimum atomic E-state index is -5.98. The molecule has 2 N–H and O–H groups in total. The number of alkyl halides is 6. The third-order valence-electron chi connectivity index (χ3n) is 3.46. The number of nitrogens with zero attached hydrogens (tertiary/aromatic N) is 1. The molecule has 1 aliphatic rings. The number of hydrogen-bond donors (Lipinski definition) is 2. The van der Waals surface area contributed by atoms with Crippen LogP contribution in [0.15, 0.2) is 6.08 Å². The van der Waals surface area contributed by atoms with Gasteiger partial charge in [0.15, 0.2) is 0 Å². The topological polar surface area (TPSA) is 74.2 Å². The van der Waals surface area contributed by atoms with Gasteiger partial charge in [0.2, 0.25) is 0 Å². The first-order valence-corrected chi connectivity index (χ1v) is 7.87. The van der Waals surface area contributed by atoms with Gasteiger partial charge in [-0.1, -0.05) is 6.08 Å². The van der Waals surface area contributed by atoms with Crippen molar-refractivity contribution in [1.29, 1.82) is 5.26 Å². The zero-order valence-corrected chi connectivity index (χ0v) is 13.8. The summed E-state index contributed by atoms with van der Waals surface area (Å²) >= 11 is 0.560. The van der Waals surface area contributed by atoms with Crippen molar-refractivity contribution in [3.63, 3.8) is 0 Å². The predicted molar refractivity (Wildman–Crippen MR) is 80.4 cm³/mol. The zero-order valence-electron chi connectivity index (χ0n) is 13.0. The second-order valence-electron chi connectivity index (χ2n) is 5.08. The monoisotopic (exact) mass is 399 g/mol. The summed E-state index contributed by atoms with van der Waals surface area (Å²) in [5, 5.41) is 10.7. The molecule has 1 aromatic rings. The van der Waals surface area contributed by atoms with Gasteiger partial charge in [-0.05, 0) is 25.0 Å². The third-order valence-corrected chi connectivity index (χ3v) is 4.57. The van der Waals surface area contributed by atoms with Crippen molar-refractivity contribution in [1.82, 2.24) is 5.32 Å². The van der Waals surface area contributed by atoms with Crippen molar-refractivity contribution in [3.05, 3.63) is 22.1 Å². The lowest BCUT2D eigenvalue weighted by Gasteiger charge is -2.38. The number of ether oxygens (including phenoxy) is 1. The summed E-state index contributed by atoms with van der Waals surface area (Å²) in [5.74, 6) is 0. The Kier molecular flexibility index (Phi) is 5.14. The highest BCUT2D eigenvalue weighted by molar-refractivity contribution is 7.17. The second kappa shape index (κ2) is 6.71. The van der Waals surface area contributed by atoms with Gasteiger partial charge in [0.25, 0.3) is 0 Å². The van der Waals surface area contributed by atoms with E-state index in [1.807, 2.05) is 0 Å². The van der Waals surface area contributed by atoms with Crippen LogP contribution < -0.4 is 10.6 Å². The van der Waals surface area contributed by atoms with Gasteiger partial charge >= 0.3 is 24.1 Å². The Bertz CT molecular complexity index is 761. The molecule has 26 heavy (non-hydrogen) atoms. The number of rotatable bonds is 4. The number of carbonyl (C=O) groups excluding carboxylic acids is 1. The molecule has 5 nitrogen and oxygen atoms in total. The van der Waals surface area contributed by atoms with E-state index in [0.29, 0.717) is 21.8 Å². The van der Waals surface area contributed by atoms with Crippen LogP contribution in [-0.2, 0) is 11.2 Å². The second-order valence-corrected chi connectivity index (χ2v) is 6.14. The van der Waals surface area contributed by atoms with E-state index in [4.69, 9.17) is 5.26 Å². The molecular formula is C14H11F6N3O2S. The fourth-order valence-corrected chi connectivity index (χ4v) is 3.44. The van der Waals surface area contributed by atoms with E-state index in [1.54, 1.807) is 12.1 Å². The number of allylic oxidation sites excluding steroid dienone is 1. The molecule has 1 aromatic heterocycles. The van der Waals surface area contributed by atoms with Crippen molar-refractivity contribution in [2.75, 3.05) is 11.9 Å². The average molecular weight is 399 g/mol. The third kappa shape index (κ3) is 3.31. The summed E-state index contributed by atoms with van der Waals surface area (Å²) in [6.45, 7) is 0.791. The molecule has 0 spiro atoms. The number of amides is 1. The molecule has 0 unspecified atom stereocenters. The summed E-state index contributed by atoms with van der Waals surface area (Å²) in [7, 11) is 0. The summed E-state index contributed by atoms with van der Waals surface area (Å²) in [4.78, 5) is 11.8. The largest absolute Gasteiger partial charge is 0.450 e. The maximum Gasteiger partial charge on any atom is 0.439 e. The summed E-state index contributed by atoms with van der Waals surface area (Å²) < 4.78 is 84.9. The molecule has 0 fully saturated rings. The van der Waals surface area contributed by atoms with Gasteiger partial charge < -0.3 is 10.1 Å². The van der Waals surface area contributed by atoms with Crippen LogP contribution in [0.2, 0.25) is 0 Å². The summed E-state index contributed by atoms with van der Waals surface area (Å²) in [6.07, 6.45) is -10.5. The molecule has 1 aliphatic carbocycles. The smallest absolute Gasteiger partial charge is 0.439 e. The molecule has 0 aromatic carbocycles.